The zero-order valence-electron chi connectivity index (χ0n) is 15.1. The van der Waals surface area contributed by atoms with Crippen molar-refractivity contribution in [3.05, 3.63) is 33.1 Å². The highest BCUT2D eigenvalue weighted by Gasteiger charge is 2.57. The highest BCUT2D eigenvalue weighted by molar-refractivity contribution is 7.66. The van der Waals surface area contributed by atoms with Gasteiger partial charge in [0.2, 0.25) is 0 Å². The molecule has 0 bridgehead atoms. The molecule has 0 radical (unpaired) electrons. The molecular weight excluding hydrogens is 497 g/mol. The van der Waals surface area contributed by atoms with Crippen LogP contribution in [0.1, 0.15) is 0 Å². The van der Waals surface area contributed by atoms with E-state index >= 15 is 0 Å². The van der Waals surface area contributed by atoms with Gasteiger partial charge in [0.15, 0.2) is 6.10 Å². The van der Waals surface area contributed by atoms with E-state index < -0.39 is 65.5 Å². The van der Waals surface area contributed by atoms with Crippen LogP contribution in [0.2, 0.25) is 0 Å². The Labute approximate surface area is 171 Å². The maximum absolute atomic E-state index is 12.0. The molecule has 6 atom stereocenters. The third kappa shape index (κ3) is 6.25. The third-order valence-corrected chi connectivity index (χ3v) is 7.47. The molecule has 1 aromatic heterocycles. The summed E-state index contributed by atoms with van der Waals surface area (Å²) in [5.74, 6) is -2.43. The van der Waals surface area contributed by atoms with Gasteiger partial charge in [-0.2, -0.15) is 8.62 Å². The molecule has 18 nitrogen and oxygen atoms in total. The highest BCUT2D eigenvalue weighted by atomic mass is 31.3. The molecule has 0 aromatic carbocycles. The summed E-state index contributed by atoms with van der Waals surface area (Å²) in [7, 11) is -16.0. The lowest BCUT2D eigenvalue weighted by atomic mass is 10.1. The zero-order valence-corrected chi connectivity index (χ0v) is 17.8. The number of rotatable bonds is 9. The Morgan fingerprint density at radius 3 is 2.26 bits per heavy atom. The minimum absolute atomic E-state index is 0.563. The van der Waals surface area contributed by atoms with Crippen molar-refractivity contribution in [2.75, 3.05) is 13.7 Å². The topological polar surface area (TPSA) is 274 Å². The molecule has 0 aliphatic carbocycles. The summed E-state index contributed by atoms with van der Waals surface area (Å²) in [5.41, 5.74) is -1.92. The fourth-order valence-corrected chi connectivity index (χ4v) is 5.54. The van der Waals surface area contributed by atoms with Gasteiger partial charge in [0.1, 0.15) is 12.2 Å². The summed E-state index contributed by atoms with van der Waals surface area (Å²) < 4.78 is 55.8. The monoisotopic (exact) mass is 514 g/mol. The molecule has 7 N–H and O–H groups in total. The predicted molar refractivity (Wildman–Crippen MR) is 93.0 cm³/mol. The Hall–Kier alpha value is -1.07. The van der Waals surface area contributed by atoms with Gasteiger partial charge in [0.25, 0.3) is 11.5 Å². The van der Waals surface area contributed by atoms with Gasteiger partial charge in [0, 0.05) is 19.4 Å². The number of hydrogen-bond donors (Lipinski definition) is 7. The Morgan fingerprint density at radius 1 is 1.13 bits per heavy atom. The first-order valence-electron chi connectivity index (χ1n) is 7.72. The van der Waals surface area contributed by atoms with Crippen molar-refractivity contribution in [2.24, 2.45) is 0 Å². The van der Waals surface area contributed by atoms with Crippen LogP contribution in [-0.2, 0) is 42.2 Å². The van der Waals surface area contributed by atoms with E-state index in [1.54, 1.807) is 0 Å². The molecule has 1 saturated heterocycles. The van der Waals surface area contributed by atoms with E-state index in [1.165, 1.54) is 0 Å². The third-order valence-electron chi connectivity index (χ3n) is 3.67. The molecule has 2 rings (SSSR count). The Kier molecular flexibility index (Phi) is 7.65. The lowest BCUT2D eigenvalue weighted by Crippen LogP contribution is -2.52. The van der Waals surface area contributed by atoms with Gasteiger partial charge in [0.05, 0.1) is 6.61 Å². The van der Waals surface area contributed by atoms with E-state index in [4.69, 9.17) is 24.2 Å². The highest BCUT2D eigenvalue weighted by Crippen LogP contribution is 2.66. The van der Waals surface area contributed by atoms with Crippen LogP contribution in [-0.4, -0.2) is 71.4 Å². The first-order chi connectivity index (χ1) is 14.0. The summed E-state index contributed by atoms with van der Waals surface area (Å²) in [6.07, 6.45) is -4.81. The number of phosphoric ester groups is 1. The lowest BCUT2D eigenvalue weighted by Gasteiger charge is -2.31. The number of phosphoric acid groups is 3. The second kappa shape index (κ2) is 9.05. The quantitative estimate of drug-likeness (QED) is 0.165. The lowest BCUT2D eigenvalue weighted by molar-refractivity contribution is -0.305. The number of nitrogens with zero attached hydrogens (tertiary/aromatic N) is 1. The number of nitrogens with one attached hydrogen (secondary N) is 1. The molecule has 2 heterocycles. The van der Waals surface area contributed by atoms with Crippen molar-refractivity contribution < 1.29 is 66.1 Å². The van der Waals surface area contributed by atoms with Crippen LogP contribution in [0.3, 0.4) is 0 Å². The average molecular weight is 514 g/mol. The average Bonchev–Trinajstić information content (AvgIpc) is 2.82. The van der Waals surface area contributed by atoms with Crippen LogP contribution in [0, 0.1) is 0 Å². The second-order valence-electron chi connectivity index (χ2n) is 5.79. The molecule has 1 aliphatic rings. The van der Waals surface area contributed by atoms with Crippen molar-refractivity contribution in [1.29, 1.82) is 0 Å². The standard InChI is InChI=1S/C10H17N2O16P3/c1-24-10(12-3-2-6(13)11-9(12)16)8(15)7(14)5(26-10)4-25-30(20,21)28-31(22,23)27-29(17,18)19/h2-3,5,7-8,14-15H,4H2,1H3,(H,20,21)(H,22,23)(H,11,13,16)(H2,17,18,19)/t5-,7-,8-,10-/m1/s1. The summed E-state index contributed by atoms with van der Waals surface area (Å²) in [6, 6.07) is 0.865. The van der Waals surface area contributed by atoms with Crippen molar-refractivity contribution in [3.8, 4) is 0 Å². The van der Waals surface area contributed by atoms with Gasteiger partial charge in [-0.05, 0) is 0 Å². The van der Waals surface area contributed by atoms with Crippen molar-refractivity contribution >= 4 is 23.5 Å². The van der Waals surface area contributed by atoms with Crippen LogP contribution in [0.25, 0.3) is 0 Å². The summed E-state index contributed by atoms with van der Waals surface area (Å²) in [5, 5.41) is 20.5. The van der Waals surface area contributed by atoms with E-state index in [9.17, 15) is 38.4 Å². The number of aromatic amines is 1. The van der Waals surface area contributed by atoms with E-state index in [2.05, 4.69) is 13.1 Å². The molecule has 0 amide bonds. The fourth-order valence-electron chi connectivity index (χ4n) is 2.51. The van der Waals surface area contributed by atoms with Crippen molar-refractivity contribution in [3.63, 3.8) is 0 Å². The van der Waals surface area contributed by atoms with Crippen molar-refractivity contribution in [1.82, 2.24) is 9.55 Å². The number of hydrogen-bond acceptors (Lipinski definition) is 12. The van der Waals surface area contributed by atoms with E-state index in [0.29, 0.717) is 4.57 Å². The van der Waals surface area contributed by atoms with Crippen molar-refractivity contribution in [2.45, 2.75) is 24.2 Å². The molecule has 178 valence electrons. The second-order valence-corrected chi connectivity index (χ2v) is 10.2. The molecule has 2 unspecified atom stereocenters. The Balaban J connectivity index is 2.19. The smallest absolute Gasteiger partial charge is 0.387 e. The molecule has 21 heteroatoms. The molecule has 1 aliphatic heterocycles. The first kappa shape index (κ1) is 26.2. The largest absolute Gasteiger partial charge is 0.490 e. The number of aliphatic hydroxyl groups is 2. The van der Waals surface area contributed by atoms with Crippen LogP contribution in [0.15, 0.2) is 21.9 Å². The minimum atomic E-state index is -5.77. The minimum Gasteiger partial charge on any atom is -0.387 e. The van der Waals surface area contributed by atoms with Gasteiger partial charge < -0.3 is 39.3 Å². The van der Waals surface area contributed by atoms with Crippen LogP contribution in [0.4, 0.5) is 0 Å². The van der Waals surface area contributed by atoms with Crippen LogP contribution in [0.5, 0.6) is 0 Å². The zero-order chi connectivity index (χ0) is 23.8. The summed E-state index contributed by atoms with van der Waals surface area (Å²) >= 11 is 0. The molecule has 0 saturated carbocycles. The fraction of sp³-hybridized carbons (Fsp3) is 0.600. The molecule has 0 spiro atoms. The molecular formula is C10H17N2O16P3. The van der Waals surface area contributed by atoms with Gasteiger partial charge in [-0.3, -0.25) is 14.3 Å². The Morgan fingerprint density at radius 2 is 1.74 bits per heavy atom. The maximum atomic E-state index is 12.0. The number of ether oxygens (including phenoxy) is 2. The summed E-state index contributed by atoms with van der Waals surface area (Å²) in [4.78, 5) is 60.6. The number of aliphatic hydroxyl groups excluding tert-OH is 2. The SMILES string of the molecule is CO[C@@]1(n2ccc(=O)[nH]c2=O)O[C@H](COP(=O)(O)OP(=O)(O)OP(=O)(O)O)[C@@H](O)[C@H]1O. The molecule has 1 aromatic rings. The number of aromatic nitrogens is 2. The van der Waals surface area contributed by atoms with Crippen LogP contribution < -0.4 is 11.2 Å². The maximum Gasteiger partial charge on any atom is 0.490 e. The summed E-state index contributed by atoms with van der Waals surface area (Å²) in [6.45, 7) is -1.13. The van der Waals surface area contributed by atoms with Gasteiger partial charge in [-0.25, -0.2) is 23.1 Å². The van der Waals surface area contributed by atoms with Gasteiger partial charge in [-0.15, -0.1) is 0 Å². The van der Waals surface area contributed by atoms with Crippen LogP contribution >= 0.6 is 23.5 Å². The van der Waals surface area contributed by atoms with E-state index in [0.717, 1.165) is 19.4 Å². The van der Waals surface area contributed by atoms with Gasteiger partial charge in [-0.1, -0.05) is 0 Å². The Bertz CT molecular complexity index is 1060. The van der Waals surface area contributed by atoms with Gasteiger partial charge >= 0.3 is 29.2 Å². The van der Waals surface area contributed by atoms with E-state index in [-0.39, 0.29) is 0 Å². The number of H-pyrrole nitrogens is 1. The molecule has 1 fully saturated rings. The normalized spacial score (nSPS) is 30.6. The van der Waals surface area contributed by atoms with E-state index in [1.807, 2.05) is 4.98 Å². The predicted octanol–water partition coefficient (Wildman–Crippen LogP) is -2.74. The first-order valence-corrected chi connectivity index (χ1v) is 12.2. The number of methoxy groups -OCH3 is 1. The molecule has 31 heavy (non-hydrogen) atoms.